The molecule has 0 radical (unpaired) electrons. The first-order chi connectivity index (χ1) is 16.7. The number of nitrogens with zero attached hydrogens (tertiary/aromatic N) is 4. The molecule has 0 saturated carbocycles. The average Bonchev–Trinajstić information content (AvgIpc) is 2.87. The third-order valence-corrected chi connectivity index (χ3v) is 8.22. The number of rotatable bonds is 5. The fraction of sp³-hybridized carbons (Fsp3) is 0.480. The van der Waals surface area contributed by atoms with E-state index in [9.17, 15) is 9.18 Å². The Morgan fingerprint density at radius 1 is 1.12 bits per heavy atom. The van der Waals surface area contributed by atoms with Gasteiger partial charge in [-0.1, -0.05) is 0 Å². The van der Waals surface area contributed by atoms with Gasteiger partial charge in [0.05, 0.1) is 22.7 Å². The van der Waals surface area contributed by atoms with Gasteiger partial charge in [-0.2, -0.15) is 5.10 Å². The maximum Gasteiger partial charge on any atom is 0.251 e. The summed E-state index contributed by atoms with van der Waals surface area (Å²) in [5, 5.41) is 13.1. The van der Waals surface area contributed by atoms with E-state index in [4.69, 9.17) is 4.74 Å². The van der Waals surface area contributed by atoms with E-state index in [0.29, 0.717) is 31.6 Å². The van der Waals surface area contributed by atoms with Crippen molar-refractivity contribution in [2.45, 2.75) is 49.2 Å². The highest BCUT2D eigenvalue weighted by molar-refractivity contribution is 7.99. The van der Waals surface area contributed by atoms with E-state index in [0.717, 1.165) is 71.7 Å². The fourth-order valence-corrected chi connectivity index (χ4v) is 6.31. The highest BCUT2D eigenvalue weighted by Gasteiger charge is 2.29. The Morgan fingerprint density at radius 2 is 1.97 bits per heavy atom. The van der Waals surface area contributed by atoms with E-state index in [-0.39, 0.29) is 17.3 Å². The van der Waals surface area contributed by atoms with Crippen molar-refractivity contribution < 1.29 is 9.13 Å². The van der Waals surface area contributed by atoms with E-state index in [2.05, 4.69) is 26.5 Å². The number of ether oxygens (including phenoxy) is 1. The zero-order chi connectivity index (χ0) is 23.1. The molecule has 1 aromatic carbocycles. The van der Waals surface area contributed by atoms with Crippen molar-refractivity contribution in [1.82, 2.24) is 25.0 Å². The average molecular weight is 482 g/mol. The molecule has 3 aliphatic rings. The summed E-state index contributed by atoms with van der Waals surface area (Å²) < 4.78 is 22.2. The first-order valence-electron chi connectivity index (χ1n) is 12.1. The molecular formula is C25H28FN5O2S. The monoisotopic (exact) mass is 481 g/mol. The van der Waals surface area contributed by atoms with Gasteiger partial charge in [0.2, 0.25) is 5.88 Å². The van der Waals surface area contributed by atoms with Crippen molar-refractivity contribution >= 4 is 22.7 Å². The van der Waals surface area contributed by atoms with E-state index < -0.39 is 0 Å². The topological polar surface area (TPSA) is 72.3 Å². The molecule has 9 heteroatoms. The molecule has 3 aliphatic heterocycles. The minimum absolute atomic E-state index is 0.0422. The lowest BCUT2D eigenvalue weighted by molar-refractivity contribution is 0.181. The van der Waals surface area contributed by atoms with Crippen molar-refractivity contribution in [3.63, 3.8) is 0 Å². The third kappa shape index (κ3) is 4.21. The minimum atomic E-state index is -0.192. The third-order valence-electron chi connectivity index (χ3n) is 7.24. The first-order valence-corrected chi connectivity index (χ1v) is 13.0. The number of pyridine rings is 1. The van der Waals surface area contributed by atoms with E-state index >= 15 is 0 Å². The summed E-state index contributed by atoms with van der Waals surface area (Å²) in [6.07, 6.45) is 2.89. The molecule has 6 rings (SSSR count). The molecule has 0 bridgehead atoms. The number of aromatic nitrogens is 3. The number of fused-ring (bicyclic) bond motifs is 1. The van der Waals surface area contributed by atoms with Crippen LogP contribution in [0.3, 0.4) is 0 Å². The molecule has 178 valence electrons. The largest absolute Gasteiger partial charge is 0.475 e. The number of thioether (sulfide) groups is 1. The van der Waals surface area contributed by atoms with Gasteiger partial charge in [0, 0.05) is 49.0 Å². The van der Waals surface area contributed by atoms with Gasteiger partial charge in [-0.05, 0) is 62.0 Å². The summed E-state index contributed by atoms with van der Waals surface area (Å²) in [5.41, 5.74) is 2.41. The summed E-state index contributed by atoms with van der Waals surface area (Å²) >= 11 is 1.77. The lowest BCUT2D eigenvalue weighted by atomic mass is 9.88. The minimum Gasteiger partial charge on any atom is -0.475 e. The fourth-order valence-electron chi connectivity index (χ4n) is 5.48. The van der Waals surface area contributed by atoms with Gasteiger partial charge in [-0.3, -0.25) is 4.79 Å². The number of hydrogen-bond donors (Lipinski definition) is 1. The Kier molecular flexibility index (Phi) is 6.01. The zero-order valence-electron chi connectivity index (χ0n) is 19.0. The maximum absolute atomic E-state index is 14.9. The first kappa shape index (κ1) is 22.0. The van der Waals surface area contributed by atoms with Crippen LogP contribution in [0.2, 0.25) is 0 Å². The van der Waals surface area contributed by atoms with Gasteiger partial charge in [-0.15, -0.1) is 16.9 Å². The number of halogens is 1. The van der Waals surface area contributed by atoms with E-state index in [1.807, 2.05) is 6.07 Å². The molecule has 1 unspecified atom stereocenters. The number of hydrogen-bond acceptors (Lipinski definition) is 7. The normalized spacial score (nSPS) is 20.8. The smallest absolute Gasteiger partial charge is 0.251 e. The zero-order valence-corrected chi connectivity index (χ0v) is 19.8. The maximum atomic E-state index is 14.9. The summed E-state index contributed by atoms with van der Waals surface area (Å²) in [7, 11) is 0. The molecule has 0 spiro atoms. The van der Waals surface area contributed by atoms with Gasteiger partial charge >= 0.3 is 0 Å². The summed E-state index contributed by atoms with van der Waals surface area (Å²) in [6.45, 7) is 4.84. The molecule has 3 aromatic rings. The van der Waals surface area contributed by atoms with Crippen LogP contribution in [0.1, 0.15) is 36.4 Å². The van der Waals surface area contributed by atoms with E-state index in [1.54, 1.807) is 34.5 Å². The Bertz CT molecular complexity index is 1270. The highest BCUT2D eigenvalue weighted by atomic mass is 32.2. The van der Waals surface area contributed by atoms with Crippen molar-refractivity contribution in [2.24, 2.45) is 0 Å². The molecule has 34 heavy (non-hydrogen) atoms. The van der Waals surface area contributed by atoms with E-state index in [1.165, 1.54) is 0 Å². The predicted molar refractivity (Wildman–Crippen MR) is 130 cm³/mol. The Labute approximate surface area is 201 Å². The number of piperidine rings is 1. The second kappa shape index (κ2) is 9.28. The quantitative estimate of drug-likeness (QED) is 0.600. The molecular weight excluding hydrogens is 453 g/mol. The van der Waals surface area contributed by atoms with Gasteiger partial charge in [-0.25, -0.2) is 4.39 Å². The summed E-state index contributed by atoms with van der Waals surface area (Å²) in [4.78, 5) is 15.9. The van der Waals surface area contributed by atoms with Gasteiger partial charge in [0.25, 0.3) is 5.56 Å². The number of nitrogens with one attached hydrogen (secondary N) is 1. The SMILES string of the molecule is O=c1ccc2ccc(F)c3c2n1CCC3CN1CCC(NCc2cc3c(nn2)OCCS3)CC1. The number of aryl methyl sites for hydroxylation is 1. The molecule has 0 aliphatic carbocycles. The molecule has 1 fully saturated rings. The van der Waals surface area contributed by atoms with Gasteiger partial charge < -0.3 is 19.5 Å². The van der Waals surface area contributed by atoms with Crippen LogP contribution in [0.25, 0.3) is 10.9 Å². The molecule has 5 heterocycles. The standard InChI is InChI=1S/C25H28FN5O2S/c26-20-3-1-16-2-4-22(32)31-10-5-17(23(20)24(16)31)15-30-8-6-18(7-9-30)27-14-19-13-21-25(29-28-19)33-11-12-34-21/h1-4,13,17-18,27H,5-12,14-15H2. The van der Waals surface area contributed by atoms with Crippen LogP contribution in [0, 0.1) is 5.82 Å². The van der Waals surface area contributed by atoms with Crippen LogP contribution in [0.15, 0.2) is 40.0 Å². The Balaban J connectivity index is 1.07. The van der Waals surface area contributed by atoms with Crippen molar-refractivity contribution in [3.05, 3.63) is 57.8 Å². The van der Waals surface area contributed by atoms with Gasteiger partial charge in [0.15, 0.2) is 0 Å². The highest BCUT2D eigenvalue weighted by Crippen LogP contribution is 2.35. The second-order valence-electron chi connectivity index (χ2n) is 9.37. The van der Waals surface area contributed by atoms with Crippen LogP contribution in [-0.4, -0.2) is 57.7 Å². The van der Waals surface area contributed by atoms with Crippen molar-refractivity contribution in [1.29, 1.82) is 0 Å². The van der Waals surface area contributed by atoms with Crippen molar-refractivity contribution in [3.8, 4) is 5.88 Å². The van der Waals surface area contributed by atoms with Crippen LogP contribution >= 0.6 is 11.8 Å². The lowest BCUT2D eigenvalue weighted by Crippen LogP contribution is -2.44. The second-order valence-corrected chi connectivity index (χ2v) is 10.5. The summed E-state index contributed by atoms with van der Waals surface area (Å²) in [5.74, 6) is 1.52. The van der Waals surface area contributed by atoms with Gasteiger partial charge in [0.1, 0.15) is 5.82 Å². The summed E-state index contributed by atoms with van der Waals surface area (Å²) in [6, 6.07) is 9.25. The number of benzene rings is 1. The lowest BCUT2D eigenvalue weighted by Gasteiger charge is -2.36. The molecule has 1 atom stereocenters. The molecule has 1 saturated heterocycles. The van der Waals surface area contributed by atoms with Crippen LogP contribution in [0.5, 0.6) is 5.88 Å². The molecule has 7 nitrogen and oxygen atoms in total. The molecule has 2 aromatic heterocycles. The van der Waals surface area contributed by atoms with Crippen molar-refractivity contribution in [2.75, 3.05) is 32.0 Å². The Morgan fingerprint density at radius 3 is 2.85 bits per heavy atom. The van der Waals surface area contributed by atoms with Crippen LogP contribution in [-0.2, 0) is 13.1 Å². The number of likely N-dealkylation sites (tertiary alicyclic amines) is 1. The van der Waals surface area contributed by atoms with Crippen LogP contribution < -0.4 is 15.6 Å². The molecule has 0 amide bonds. The Hall–Kier alpha value is -2.49. The predicted octanol–water partition coefficient (Wildman–Crippen LogP) is 3.16. The molecule has 1 N–H and O–H groups in total. The van der Waals surface area contributed by atoms with Crippen LogP contribution in [0.4, 0.5) is 4.39 Å².